The molecule has 1 aliphatic heterocycles. The number of nitrogens with one attached hydrogen (secondary N) is 2. The number of rotatable bonds is 8. The molecule has 30 heavy (non-hydrogen) atoms. The Bertz CT molecular complexity index is 1000. The third-order valence-corrected chi connectivity index (χ3v) is 6.57. The van der Waals surface area contributed by atoms with Crippen molar-refractivity contribution in [3.05, 3.63) is 54.1 Å². The second kappa shape index (κ2) is 9.40. The minimum atomic E-state index is -3.56. The van der Waals surface area contributed by atoms with Gasteiger partial charge in [0.05, 0.1) is 10.8 Å². The third-order valence-electron chi connectivity index (χ3n) is 5.10. The van der Waals surface area contributed by atoms with Crippen molar-refractivity contribution in [3.8, 4) is 0 Å². The van der Waals surface area contributed by atoms with Crippen molar-refractivity contribution in [2.75, 3.05) is 23.3 Å². The van der Waals surface area contributed by atoms with Crippen LogP contribution in [0.4, 0.5) is 11.4 Å². The normalized spacial score (nSPS) is 16.7. The van der Waals surface area contributed by atoms with Crippen molar-refractivity contribution in [1.82, 2.24) is 4.72 Å². The molecule has 0 radical (unpaired) electrons. The van der Waals surface area contributed by atoms with E-state index in [1.54, 1.807) is 17.0 Å². The number of nitrogens with zero attached hydrogens (tertiary/aromatic N) is 1. The molecular weight excluding hydrogens is 402 g/mol. The number of sulfonamides is 1. The van der Waals surface area contributed by atoms with Gasteiger partial charge >= 0.3 is 0 Å². The molecule has 160 valence electrons. The smallest absolute Gasteiger partial charge is 0.240 e. The molecule has 0 spiro atoms. The maximum atomic E-state index is 12.6. The Kier molecular flexibility index (Phi) is 6.89. The van der Waals surface area contributed by atoms with Crippen molar-refractivity contribution >= 4 is 33.2 Å². The Labute approximate surface area is 177 Å². The molecule has 0 saturated carbocycles. The Balaban J connectivity index is 1.61. The van der Waals surface area contributed by atoms with E-state index in [2.05, 4.69) is 10.0 Å². The van der Waals surface area contributed by atoms with Gasteiger partial charge in [-0.25, -0.2) is 13.1 Å². The molecule has 1 unspecified atom stereocenters. The van der Waals surface area contributed by atoms with Crippen LogP contribution in [0.2, 0.25) is 0 Å². The quantitative estimate of drug-likeness (QED) is 0.631. The topological polar surface area (TPSA) is 95.6 Å². The van der Waals surface area contributed by atoms with Crippen molar-refractivity contribution in [3.63, 3.8) is 0 Å². The average molecular weight is 430 g/mol. The number of hydrogen-bond donors (Lipinski definition) is 2. The molecule has 2 aromatic carbocycles. The number of benzene rings is 2. The summed E-state index contributed by atoms with van der Waals surface area (Å²) in [6.07, 6.45) is 1.82. The zero-order chi connectivity index (χ0) is 21.7. The number of hydrogen-bond acceptors (Lipinski definition) is 4. The van der Waals surface area contributed by atoms with Crippen LogP contribution in [0, 0.1) is 12.8 Å². The Morgan fingerprint density at radius 2 is 1.77 bits per heavy atom. The number of carbonyl (C=O) groups is 2. The lowest BCUT2D eigenvalue weighted by Gasteiger charge is -2.17. The second-order valence-electron chi connectivity index (χ2n) is 7.51. The van der Waals surface area contributed by atoms with Crippen LogP contribution in [0.25, 0.3) is 0 Å². The summed E-state index contributed by atoms with van der Waals surface area (Å²) in [7, 11) is -3.56. The van der Waals surface area contributed by atoms with Crippen LogP contribution in [0.15, 0.2) is 53.4 Å². The second-order valence-corrected chi connectivity index (χ2v) is 9.27. The molecule has 3 rings (SSSR count). The van der Waals surface area contributed by atoms with Crippen LogP contribution >= 0.6 is 0 Å². The Morgan fingerprint density at radius 3 is 2.40 bits per heavy atom. The molecule has 1 atom stereocenters. The Morgan fingerprint density at radius 1 is 1.10 bits per heavy atom. The zero-order valence-corrected chi connectivity index (χ0v) is 18.0. The fraction of sp³-hybridized carbons (Fsp3) is 0.364. The first-order chi connectivity index (χ1) is 14.3. The van der Waals surface area contributed by atoms with Crippen LogP contribution in [0.3, 0.4) is 0 Å². The molecule has 1 aliphatic rings. The first-order valence-electron chi connectivity index (χ1n) is 10.1. The van der Waals surface area contributed by atoms with Crippen molar-refractivity contribution < 1.29 is 18.0 Å². The molecule has 0 aromatic heterocycles. The average Bonchev–Trinajstić information content (AvgIpc) is 3.11. The van der Waals surface area contributed by atoms with Gasteiger partial charge in [-0.2, -0.15) is 0 Å². The van der Waals surface area contributed by atoms with E-state index in [1.165, 1.54) is 12.1 Å². The van der Waals surface area contributed by atoms with Gasteiger partial charge in [0.25, 0.3) is 0 Å². The van der Waals surface area contributed by atoms with Gasteiger partial charge in [-0.05, 0) is 49.7 Å². The highest BCUT2D eigenvalue weighted by Gasteiger charge is 2.35. The summed E-state index contributed by atoms with van der Waals surface area (Å²) in [5.74, 6) is -0.800. The SMILES string of the molecule is CCCCNS(=O)(=O)c1ccc(NC(=O)C2CC(=O)N(c3ccc(C)cc3)C2)cc1. The van der Waals surface area contributed by atoms with Gasteiger partial charge in [-0.3, -0.25) is 9.59 Å². The molecule has 0 bridgehead atoms. The lowest BCUT2D eigenvalue weighted by atomic mass is 10.1. The summed E-state index contributed by atoms with van der Waals surface area (Å²) in [5.41, 5.74) is 2.38. The van der Waals surface area contributed by atoms with Crippen LogP contribution in [-0.4, -0.2) is 33.3 Å². The molecule has 8 heteroatoms. The van der Waals surface area contributed by atoms with E-state index < -0.39 is 15.9 Å². The predicted octanol–water partition coefficient (Wildman–Crippen LogP) is 3.07. The van der Waals surface area contributed by atoms with E-state index in [1.807, 2.05) is 38.1 Å². The third kappa shape index (κ3) is 5.25. The van der Waals surface area contributed by atoms with Crippen LogP contribution in [0.1, 0.15) is 31.7 Å². The molecule has 7 nitrogen and oxygen atoms in total. The van der Waals surface area contributed by atoms with Crippen molar-refractivity contribution in [2.45, 2.75) is 38.0 Å². The summed E-state index contributed by atoms with van der Waals surface area (Å²) in [6.45, 7) is 4.68. The maximum absolute atomic E-state index is 12.6. The van der Waals surface area contributed by atoms with E-state index in [4.69, 9.17) is 0 Å². The summed E-state index contributed by atoms with van der Waals surface area (Å²) in [6, 6.07) is 13.7. The van der Waals surface area contributed by atoms with Crippen LogP contribution in [0.5, 0.6) is 0 Å². The highest BCUT2D eigenvalue weighted by atomic mass is 32.2. The summed E-state index contributed by atoms with van der Waals surface area (Å²) < 4.78 is 27.0. The monoisotopic (exact) mass is 429 g/mol. The van der Waals surface area contributed by atoms with E-state index >= 15 is 0 Å². The van der Waals surface area contributed by atoms with Gasteiger partial charge in [-0.1, -0.05) is 31.0 Å². The maximum Gasteiger partial charge on any atom is 0.240 e. The zero-order valence-electron chi connectivity index (χ0n) is 17.2. The van der Waals surface area contributed by atoms with E-state index in [9.17, 15) is 18.0 Å². The number of amides is 2. The van der Waals surface area contributed by atoms with Gasteiger partial charge in [0.1, 0.15) is 0 Å². The standard InChI is InChI=1S/C22H27N3O4S/c1-3-4-13-23-30(28,29)20-11-7-18(8-12-20)24-22(27)17-14-21(26)25(15-17)19-9-5-16(2)6-10-19/h5-12,17,23H,3-4,13-15H2,1-2H3,(H,24,27). The van der Waals surface area contributed by atoms with Crippen LogP contribution < -0.4 is 14.9 Å². The number of anilines is 2. The fourth-order valence-electron chi connectivity index (χ4n) is 3.29. The summed E-state index contributed by atoms with van der Waals surface area (Å²) in [4.78, 5) is 26.8. The molecule has 1 fully saturated rings. The lowest BCUT2D eigenvalue weighted by Crippen LogP contribution is -2.28. The molecule has 1 saturated heterocycles. The molecule has 1 heterocycles. The molecule has 2 aromatic rings. The van der Waals surface area contributed by atoms with Gasteiger partial charge in [0.2, 0.25) is 21.8 Å². The number of unbranched alkanes of at least 4 members (excludes halogenated alkanes) is 1. The van der Waals surface area contributed by atoms with Crippen LogP contribution in [-0.2, 0) is 19.6 Å². The van der Waals surface area contributed by atoms with E-state index in [0.717, 1.165) is 24.1 Å². The first-order valence-corrected chi connectivity index (χ1v) is 11.6. The van der Waals surface area contributed by atoms with Crippen molar-refractivity contribution in [2.24, 2.45) is 5.92 Å². The van der Waals surface area contributed by atoms with Crippen molar-refractivity contribution in [1.29, 1.82) is 0 Å². The Hall–Kier alpha value is -2.71. The number of aryl methyl sites for hydroxylation is 1. The minimum Gasteiger partial charge on any atom is -0.326 e. The molecule has 2 N–H and O–H groups in total. The van der Waals surface area contributed by atoms with Gasteiger partial charge in [0.15, 0.2) is 0 Å². The highest BCUT2D eigenvalue weighted by Crippen LogP contribution is 2.26. The first kappa shape index (κ1) is 22.0. The lowest BCUT2D eigenvalue weighted by molar-refractivity contribution is -0.122. The van der Waals surface area contributed by atoms with E-state index in [-0.39, 0.29) is 23.1 Å². The highest BCUT2D eigenvalue weighted by molar-refractivity contribution is 7.89. The molecule has 0 aliphatic carbocycles. The van der Waals surface area contributed by atoms with Gasteiger partial charge in [0, 0.05) is 30.9 Å². The largest absolute Gasteiger partial charge is 0.326 e. The van der Waals surface area contributed by atoms with E-state index in [0.29, 0.717) is 18.8 Å². The van der Waals surface area contributed by atoms with Gasteiger partial charge in [-0.15, -0.1) is 0 Å². The summed E-state index contributed by atoms with van der Waals surface area (Å²) >= 11 is 0. The fourth-order valence-corrected chi connectivity index (χ4v) is 4.36. The molecule has 2 amide bonds. The predicted molar refractivity (Wildman–Crippen MR) is 117 cm³/mol. The summed E-state index contributed by atoms with van der Waals surface area (Å²) in [5, 5.41) is 2.78. The molecular formula is C22H27N3O4S. The minimum absolute atomic E-state index is 0.0846. The van der Waals surface area contributed by atoms with Gasteiger partial charge < -0.3 is 10.2 Å². The number of carbonyl (C=O) groups excluding carboxylic acids is 2.